The first-order valence-electron chi connectivity index (χ1n) is 5.07. The summed E-state index contributed by atoms with van der Waals surface area (Å²) >= 11 is 0. The molecule has 2 nitrogen and oxygen atoms in total. The third-order valence-corrected chi connectivity index (χ3v) is 2.88. The molecule has 1 unspecified atom stereocenters. The zero-order valence-corrected chi connectivity index (χ0v) is 8.12. The van der Waals surface area contributed by atoms with Gasteiger partial charge < -0.3 is 10.2 Å². The first kappa shape index (κ1) is 8.82. The highest BCUT2D eigenvalue weighted by atomic mass is 16.3. The Hall–Kier alpha value is -0.760. The summed E-state index contributed by atoms with van der Waals surface area (Å²) in [6.07, 6.45) is 6.94. The maximum Gasteiger partial charge on any atom is 0.105 e. The van der Waals surface area contributed by atoms with Crippen LogP contribution in [0.5, 0.6) is 0 Å². The van der Waals surface area contributed by atoms with E-state index >= 15 is 0 Å². The Kier molecular flexibility index (Phi) is 2.40. The van der Waals surface area contributed by atoms with Gasteiger partial charge >= 0.3 is 0 Å². The van der Waals surface area contributed by atoms with Gasteiger partial charge in [-0.25, -0.2) is 0 Å². The highest BCUT2D eigenvalue weighted by molar-refractivity contribution is 5.19. The van der Waals surface area contributed by atoms with E-state index < -0.39 is 0 Å². The minimum atomic E-state index is 0.180. The molecule has 0 spiro atoms. The van der Waals surface area contributed by atoms with Crippen LogP contribution in [0.4, 0.5) is 0 Å². The van der Waals surface area contributed by atoms with Crippen LogP contribution in [-0.4, -0.2) is 0 Å². The summed E-state index contributed by atoms with van der Waals surface area (Å²) in [6, 6.07) is 2.17. The summed E-state index contributed by atoms with van der Waals surface area (Å²) in [5.74, 6) is 1.95. The van der Waals surface area contributed by atoms with Crippen molar-refractivity contribution in [3.63, 3.8) is 0 Å². The molecule has 0 bridgehead atoms. The molecule has 0 amide bonds. The molecule has 0 radical (unpaired) electrons. The average molecular weight is 179 g/mol. The molecular weight excluding hydrogens is 162 g/mol. The zero-order valence-electron chi connectivity index (χ0n) is 8.12. The monoisotopic (exact) mass is 179 g/mol. The minimum Gasteiger partial charge on any atom is -0.469 e. The smallest absolute Gasteiger partial charge is 0.105 e. The van der Waals surface area contributed by atoms with Crippen molar-refractivity contribution in [3.8, 4) is 0 Å². The summed E-state index contributed by atoms with van der Waals surface area (Å²) in [5.41, 5.74) is 7.24. The van der Waals surface area contributed by atoms with Crippen molar-refractivity contribution < 1.29 is 4.42 Å². The van der Waals surface area contributed by atoms with Crippen molar-refractivity contribution in [3.05, 3.63) is 23.7 Å². The van der Waals surface area contributed by atoms with Gasteiger partial charge in [0, 0.05) is 11.6 Å². The fourth-order valence-electron chi connectivity index (χ4n) is 1.76. The molecule has 2 N–H and O–H groups in total. The second-order valence-corrected chi connectivity index (χ2v) is 4.06. The van der Waals surface area contributed by atoms with Crippen LogP contribution in [0.25, 0.3) is 0 Å². The van der Waals surface area contributed by atoms with Gasteiger partial charge in [0.15, 0.2) is 0 Å². The molecule has 1 aromatic heterocycles. The third kappa shape index (κ3) is 2.13. The number of aryl methyl sites for hydroxylation is 1. The van der Waals surface area contributed by atoms with Gasteiger partial charge in [-0.1, -0.05) is 12.8 Å². The Morgan fingerprint density at radius 2 is 2.38 bits per heavy atom. The van der Waals surface area contributed by atoms with Gasteiger partial charge in [-0.15, -0.1) is 0 Å². The van der Waals surface area contributed by atoms with E-state index in [-0.39, 0.29) is 6.04 Å². The lowest BCUT2D eigenvalue weighted by Crippen LogP contribution is -2.10. The molecule has 0 aliphatic heterocycles. The molecule has 2 rings (SSSR count). The molecule has 0 aromatic carbocycles. The summed E-state index contributed by atoms with van der Waals surface area (Å²) in [5, 5.41) is 0. The first-order valence-corrected chi connectivity index (χ1v) is 5.07. The number of nitrogens with two attached hydrogens (primary N) is 1. The van der Waals surface area contributed by atoms with Crippen molar-refractivity contribution in [1.82, 2.24) is 0 Å². The van der Waals surface area contributed by atoms with Crippen molar-refractivity contribution in [2.75, 3.05) is 0 Å². The highest BCUT2D eigenvalue weighted by Gasteiger charge is 2.22. The number of furan rings is 1. The SMILES string of the molecule is Cc1occc1C(N)CCC1CC1. The maximum atomic E-state index is 6.06. The predicted octanol–water partition coefficient (Wildman–Crippen LogP) is 2.78. The van der Waals surface area contributed by atoms with Gasteiger partial charge in [0.05, 0.1) is 6.26 Å². The standard InChI is InChI=1S/C11H17NO/c1-8-10(6-7-13-8)11(12)5-4-9-2-3-9/h6-7,9,11H,2-5,12H2,1H3. The fraction of sp³-hybridized carbons (Fsp3) is 0.636. The zero-order chi connectivity index (χ0) is 9.26. The van der Waals surface area contributed by atoms with Crippen LogP contribution >= 0.6 is 0 Å². The van der Waals surface area contributed by atoms with E-state index in [0.717, 1.165) is 18.1 Å². The Balaban J connectivity index is 1.88. The van der Waals surface area contributed by atoms with Gasteiger partial charge in [0.25, 0.3) is 0 Å². The van der Waals surface area contributed by atoms with Crippen LogP contribution in [-0.2, 0) is 0 Å². The van der Waals surface area contributed by atoms with E-state index in [9.17, 15) is 0 Å². The second-order valence-electron chi connectivity index (χ2n) is 4.06. The minimum absolute atomic E-state index is 0.180. The van der Waals surface area contributed by atoms with Crippen LogP contribution in [0.2, 0.25) is 0 Å². The van der Waals surface area contributed by atoms with Gasteiger partial charge in [-0.2, -0.15) is 0 Å². The van der Waals surface area contributed by atoms with Crippen LogP contribution in [0.3, 0.4) is 0 Å². The van der Waals surface area contributed by atoms with E-state index in [1.165, 1.54) is 24.8 Å². The van der Waals surface area contributed by atoms with Gasteiger partial charge in [-0.05, 0) is 31.7 Å². The molecule has 1 fully saturated rings. The van der Waals surface area contributed by atoms with Crippen LogP contribution < -0.4 is 5.73 Å². The molecule has 72 valence electrons. The van der Waals surface area contributed by atoms with Crippen molar-refractivity contribution in [2.24, 2.45) is 11.7 Å². The first-order chi connectivity index (χ1) is 6.27. The molecular formula is C11H17NO. The molecule has 1 atom stereocenters. The second kappa shape index (κ2) is 3.54. The van der Waals surface area contributed by atoms with E-state index in [4.69, 9.17) is 10.2 Å². The average Bonchev–Trinajstić information content (AvgIpc) is 2.84. The van der Waals surface area contributed by atoms with Crippen molar-refractivity contribution in [1.29, 1.82) is 0 Å². The van der Waals surface area contributed by atoms with E-state index in [1.807, 2.05) is 13.0 Å². The van der Waals surface area contributed by atoms with Gasteiger partial charge in [-0.3, -0.25) is 0 Å². The summed E-state index contributed by atoms with van der Waals surface area (Å²) in [6.45, 7) is 1.98. The van der Waals surface area contributed by atoms with Crippen LogP contribution in [0, 0.1) is 12.8 Å². The van der Waals surface area contributed by atoms with E-state index in [0.29, 0.717) is 0 Å². The van der Waals surface area contributed by atoms with Crippen LogP contribution in [0.1, 0.15) is 43.0 Å². The summed E-state index contributed by atoms with van der Waals surface area (Å²) < 4.78 is 5.23. The summed E-state index contributed by atoms with van der Waals surface area (Å²) in [4.78, 5) is 0. The maximum absolute atomic E-state index is 6.06. The third-order valence-electron chi connectivity index (χ3n) is 2.88. The fourth-order valence-corrected chi connectivity index (χ4v) is 1.76. The highest BCUT2D eigenvalue weighted by Crippen LogP contribution is 2.35. The quantitative estimate of drug-likeness (QED) is 0.772. The molecule has 2 heteroatoms. The molecule has 13 heavy (non-hydrogen) atoms. The van der Waals surface area contributed by atoms with E-state index in [2.05, 4.69) is 0 Å². The molecule has 1 aliphatic carbocycles. The Morgan fingerprint density at radius 1 is 1.62 bits per heavy atom. The number of rotatable bonds is 4. The lowest BCUT2D eigenvalue weighted by Gasteiger charge is -2.09. The number of hydrogen-bond acceptors (Lipinski definition) is 2. The molecule has 1 aromatic rings. The van der Waals surface area contributed by atoms with Crippen molar-refractivity contribution >= 4 is 0 Å². The summed E-state index contributed by atoms with van der Waals surface area (Å²) in [7, 11) is 0. The largest absolute Gasteiger partial charge is 0.469 e. The Labute approximate surface area is 79.1 Å². The van der Waals surface area contributed by atoms with Gasteiger partial charge in [0.1, 0.15) is 5.76 Å². The molecule has 1 heterocycles. The normalized spacial score (nSPS) is 18.9. The Bertz CT molecular complexity index is 275. The lowest BCUT2D eigenvalue weighted by molar-refractivity contribution is 0.513. The van der Waals surface area contributed by atoms with E-state index in [1.54, 1.807) is 6.26 Å². The number of hydrogen-bond donors (Lipinski definition) is 1. The predicted molar refractivity (Wildman–Crippen MR) is 52.3 cm³/mol. The Morgan fingerprint density at radius 3 is 2.92 bits per heavy atom. The molecule has 1 saturated carbocycles. The topological polar surface area (TPSA) is 39.2 Å². The van der Waals surface area contributed by atoms with Crippen molar-refractivity contribution in [2.45, 2.75) is 38.6 Å². The molecule has 0 saturated heterocycles. The van der Waals surface area contributed by atoms with Crippen LogP contribution in [0.15, 0.2) is 16.7 Å². The van der Waals surface area contributed by atoms with Gasteiger partial charge in [0.2, 0.25) is 0 Å². The lowest BCUT2D eigenvalue weighted by atomic mass is 10.0. The molecule has 1 aliphatic rings.